The summed E-state index contributed by atoms with van der Waals surface area (Å²) in [5, 5.41) is 4.95. The smallest absolute Gasteiger partial charge is 0.229 e. The van der Waals surface area contributed by atoms with Gasteiger partial charge in [-0.25, -0.2) is 4.98 Å². The number of nitrogens with zero attached hydrogens (tertiary/aromatic N) is 4. The Hall–Kier alpha value is -1.82. The molecule has 1 aromatic carbocycles. The van der Waals surface area contributed by atoms with E-state index in [4.69, 9.17) is 4.52 Å². The number of hydrogen-bond donors (Lipinski definition) is 0. The van der Waals surface area contributed by atoms with Gasteiger partial charge in [0.05, 0.1) is 16.8 Å². The molecule has 0 amide bonds. The minimum absolute atomic E-state index is 0.261. The third-order valence-electron chi connectivity index (χ3n) is 3.05. The quantitative estimate of drug-likeness (QED) is 0.689. The molecule has 6 heteroatoms. The van der Waals surface area contributed by atoms with Gasteiger partial charge >= 0.3 is 0 Å². The monoisotopic (exact) mass is 288 g/mol. The van der Waals surface area contributed by atoms with Crippen LogP contribution in [-0.4, -0.2) is 19.7 Å². The van der Waals surface area contributed by atoms with Crippen molar-refractivity contribution in [1.29, 1.82) is 0 Å². The summed E-state index contributed by atoms with van der Waals surface area (Å²) in [6.07, 6.45) is 0. The molecule has 2 aromatic heterocycles. The summed E-state index contributed by atoms with van der Waals surface area (Å²) in [5.74, 6) is 2.32. The highest BCUT2D eigenvalue weighted by molar-refractivity contribution is 7.98. The van der Waals surface area contributed by atoms with Gasteiger partial charge in [-0.15, -0.1) is 0 Å². The third-order valence-corrected chi connectivity index (χ3v) is 4.08. The number of aryl methyl sites for hydroxylation is 1. The Kier molecular flexibility index (Phi) is 3.48. The summed E-state index contributed by atoms with van der Waals surface area (Å²) in [6.45, 7) is 4.08. The highest BCUT2D eigenvalue weighted by Gasteiger charge is 2.12. The van der Waals surface area contributed by atoms with E-state index in [0.29, 0.717) is 17.5 Å². The Bertz CT molecular complexity index is 732. The maximum absolute atomic E-state index is 5.20. The van der Waals surface area contributed by atoms with E-state index in [-0.39, 0.29) is 5.92 Å². The van der Waals surface area contributed by atoms with Crippen LogP contribution in [0.15, 0.2) is 33.9 Å². The van der Waals surface area contributed by atoms with Crippen molar-refractivity contribution in [3.05, 3.63) is 36.0 Å². The molecule has 0 radical (unpaired) electrons. The van der Waals surface area contributed by atoms with Crippen LogP contribution in [0.4, 0.5) is 0 Å². The van der Waals surface area contributed by atoms with Crippen molar-refractivity contribution >= 4 is 22.8 Å². The summed E-state index contributed by atoms with van der Waals surface area (Å²) in [7, 11) is 2.02. The summed E-state index contributed by atoms with van der Waals surface area (Å²) in [4.78, 5) is 8.98. The van der Waals surface area contributed by atoms with Crippen molar-refractivity contribution in [1.82, 2.24) is 19.7 Å². The molecule has 0 aliphatic rings. The molecule has 20 heavy (non-hydrogen) atoms. The van der Waals surface area contributed by atoms with Crippen LogP contribution in [0.3, 0.4) is 0 Å². The van der Waals surface area contributed by atoms with E-state index in [2.05, 4.69) is 25.8 Å². The molecule has 0 fully saturated rings. The van der Waals surface area contributed by atoms with Gasteiger partial charge in [-0.2, -0.15) is 4.98 Å². The molecule has 0 atom stereocenters. The lowest BCUT2D eigenvalue weighted by Crippen LogP contribution is -1.92. The second kappa shape index (κ2) is 5.28. The van der Waals surface area contributed by atoms with Gasteiger partial charge in [0.2, 0.25) is 5.89 Å². The molecule has 3 rings (SSSR count). The summed E-state index contributed by atoms with van der Waals surface area (Å²) < 4.78 is 7.29. The predicted molar refractivity (Wildman–Crippen MR) is 78.7 cm³/mol. The minimum atomic E-state index is 0.261. The summed E-state index contributed by atoms with van der Waals surface area (Å²) in [6, 6.07) is 8.10. The van der Waals surface area contributed by atoms with Gasteiger partial charge in [-0.1, -0.05) is 42.9 Å². The Morgan fingerprint density at radius 2 is 2.05 bits per heavy atom. The van der Waals surface area contributed by atoms with Gasteiger partial charge in [0.15, 0.2) is 11.0 Å². The molecular formula is C14H16N4OS. The van der Waals surface area contributed by atoms with E-state index >= 15 is 0 Å². The van der Waals surface area contributed by atoms with Gasteiger partial charge in [0.25, 0.3) is 0 Å². The predicted octanol–water partition coefficient (Wildman–Crippen LogP) is 3.37. The van der Waals surface area contributed by atoms with Crippen LogP contribution in [-0.2, 0) is 12.8 Å². The molecule has 0 bridgehead atoms. The van der Waals surface area contributed by atoms with Gasteiger partial charge in [0, 0.05) is 13.0 Å². The largest absolute Gasteiger partial charge is 0.339 e. The van der Waals surface area contributed by atoms with Crippen LogP contribution in [0, 0.1) is 0 Å². The lowest BCUT2D eigenvalue weighted by atomic mass is 10.2. The van der Waals surface area contributed by atoms with Crippen molar-refractivity contribution in [3.63, 3.8) is 0 Å². The van der Waals surface area contributed by atoms with E-state index in [1.165, 1.54) is 0 Å². The lowest BCUT2D eigenvalue weighted by molar-refractivity contribution is 0.362. The number of benzene rings is 1. The zero-order valence-electron chi connectivity index (χ0n) is 11.7. The second-order valence-corrected chi connectivity index (χ2v) is 5.88. The van der Waals surface area contributed by atoms with Crippen molar-refractivity contribution < 1.29 is 4.52 Å². The van der Waals surface area contributed by atoms with Crippen molar-refractivity contribution in [2.24, 2.45) is 7.05 Å². The Morgan fingerprint density at radius 1 is 1.25 bits per heavy atom. The van der Waals surface area contributed by atoms with Crippen molar-refractivity contribution in [2.75, 3.05) is 0 Å². The normalized spacial score (nSPS) is 11.6. The van der Waals surface area contributed by atoms with E-state index < -0.39 is 0 Å². The Labute approximate surface area is 121 Å². The first-order valence-electron chi connectivity index (χ1n) is 6.52. The van der Waals surface area contributed by atoms with E-state index in [1.54, 1.807) is 11.8 Å². The Morgan fingerprint density at radius 3 is 2.75 bits per heavy atom. The summed E-state index contributed by atoms with van der Waals surface area (Å²) in [5.41, 5.74) is 2.14. The fraction of sp³-hybridized carbons (Fsp3) is 0.357. The zero-order chi connectivity index (χ0) is 14.1. The molecule has 0 aliphatic heterocycles. The standard InChI is InChI=1S/C14H16N4OS/c1-9(2)13-16-12(17-19-13)8-20-14-15-10-6-4-5-7-11(10)18(14)3/h4-7,9H,8H2,1-3H3. The maximum Gasteiger partial charge on any atom is 0.229 e. The van der Waals surface area contributed by atoms with E-state index in [1.807, 2.05) is 39.1 Å². The molecule has 0 unspecified atom stereocenters. The molecule has 0 aliphatic carbocycles. The average Bonchev–Trinajstić information content (AvgIpc) is 3.03. The maximum atomic E-state index is 5.20. The topological polar surface area (TPSA) is 56.7 Å². The molecule has 5 nitrogen and oxygen atoms in total. The van der Waals surface area contributed by atoms with E-state index in [9.17, 15) is 0 Å². The first-order chi connectivity index (χ1) is 9.65. The number of rotatable bonds is 4. The molecule has 104 valence electrons. The SMILES string of the molecule is CC(C)c1nc(CSc2nc3ccccc3n2C)no1. The van der Waals surface area contributed by atoms with Crippen LogP contribution in [0.1, 0.15) is 31.5 Å². The number of fused-ring (bicyclic) bond motifs is 1. The molecular weight excluding hydrogens is 272 g/mol. The highest BCUT2D eigenvalue weighted by atomic mass is 32.2. The molecule has 3 aromatic rings. The van der Waals surface area contributed by atoms with Crippen molar-refractivity contribution in [2.45, 2.75) is 30.7 Å². The van der Waals surface area contributed by atoms with Crippen LogP contribution < -0.4 is 0 Å². The van der Waals surface area contributed by atoms with Gasteiger partial charge in [0.1, 0.15) is 0 Å². The molecule has 2 heterocycles. The first-order valence-corrected chi connectivity index (χ1v) is 7.50. The molecule has 0 saturated heterocycles. The van der Waals surface area contributed by atoms with Crippen LogP contribution in [0.5, 0.6) is 0 Å². The molecule has 0 spiro atoms. The zero-order valence-corrected chi connectivity index (χ0v) is 12.5. The van der Waals surface area contributed by atoms with Crippen molar-refractivity contribution in [3.8, 4) is 0 Å². The molecule has 0 N–H and O–H groups in total. The number of para-hydroxylation sites is 2. The van der Waals surface area contributed by atoms with Crippen LogP contribution >= 0.6 is 11.8 Å². The lowest BCUT2D eigenvalue weighted by Gasteiger charge is -1.99. The second-order valence-electron chi connectivity index (χ2n) is 4.93. The van der Waals surface area contributed by atoms with Crippen LogP contribution in [0.25, 0.3) is 11.0 Å². The van der Waals surface area contributed by atoms with Gasteiger partial charge in [-0.3, -0.25) is 0 Å². The Balaban J connectivity index is 1.77. The summed E-state index contributed by atoms with van der Waals surface area (Å²) >= 11 is 1.62. The fourth-order valence-electron chi connectivity index (χ4n) is 1.94. The average molecular weight is 288 g/mol. The molecule has 0 saturated carbocycles. The van der Waals surface area contributed by atoms with Crippen LogP contribution in [0.2, 0.25) is 0 Å². The number of aromatic nitrogens is 4. The highest BCUT2D eigenvalue weighted by Crippen LogP contribution is 2.25. The minimum Gasteiger partial charge on any atom is -0.339 e. The number of imidazole rings is 1. The number of thioether (sulfide) groups is 1. The van der Waals surface area contributed by atoms with Gasteiger partial charge < -0.3 is 9.09 Å². The van der Waals surface area contributed by atoms with E-state index in [0.717, 1.165) is 16.2 Å². The third kappa shape index (κ3) is 2.43. The first kappa shape index (κ1) is 13.2. The van der Waals surface area contributed by atoms with Gasteiger partial charge in [-0.05, 0) is 12.1 Å². The fourth-order valence-corrected chi connectivity index (χ4v) is 2.77. The number of hydrogen-bond acceptors (Lipinski definition) is 5.